The van der Waals surface area contributed by atoms with E-state index in [0.29, 0.717) is 13.0 Å². The second kappa shape index (κ2) is 6.10. The molecule has 1 atom stereocenters. The number of nitrogens with zero attached hydrogens (tertiary/aromatic N) is 1. The van der Waals surface area contributed by atoms with Gasteiger partial charge in [-0.1, -0.05) is 18.2 Å². The lowest BCUT2D eigenvalue weighted by atomic mass is 10.2. The fourth-order valence-corrected chi connectivity index (χ4v) is 2.63. The largest absolute Gasteiger partial charge is 0.464 e. The van der Waals surface area contributed by atoms with Crippen LogP contribution in [0.3, 0.4) is 0 Å². The van der Waals surface area contributed by atoms with Gasteiger partial charge in [0.1, 0.15) is 11.5 Å². The van der Waals surface area contributed by atoms with E-state index in [2.05, 4.69) is 28.1 Å². The van der Waals surface area contributed by atoms with Gasteiger partial charge in [0.25, 0.3) is 0 Å². The van der Waals surface area contributed by atoms with Crippen LogP contribution in [0.1, 0.15) is 30.9 Å². The SMILES string of the molecule is Cc1ccc(C(C)NC(=O)CCn2ccc3ccccc32)o1. The molecule has 1 aromatic carbocycles. The molecule has 0 spiro atoms. The van der Waals surface area contributed by atoms with E-state index >= 15 is 0 Å². The molecule has 4 nitrogen and oxygen atoms in total. The van der Waals surface area contributed by atoms with Crippen LogP contribution in [0.4, 0.5) is 0 Å². The molecule has 0 aliphatic heterocycles. The predicted molar refractivity (Wildman–Crippen MR) is 86.6 cm³/mol. The van der Waals surface area contributed by atoms with Crippen molar-refractivity contribution in [1.82, 2.24) is 9.88 Å². The monoisotopic (exact) mass is 296 g/mol. The third-order valence-corrected chi connectivity index (χ3v) is 3.83. The molecule has 2 heterocycles. The highest BCUT2D eigenvalue weighted by Crippen LogP contribution is 2.17. The average Bonchev–Trinajstić information content (AvgIpc) is 3.11. The van der Waals surface area contributed by atoms with Crippen molar-refractivity contribution < 1.29 is 9.21 Å². The van der Waals surface area contributed by atoms with E-state index in [9.17, 15) is 4.79 Å². The zero-order valence-electron chi connectivity index (χ0n) is 12.9. The average molecular weight is 296 g/mol. The van der Waals surface area contributed by atoms with Crippen molar-refractivity contribution in [2.75, 3.05) is 0 Å². The summed E-state index contributed by atoms with van der Waals surface area (Å²) < 4.78 is 7.64. The Hall–Kier alpha value is -2.49. The molecule has 0 saturated carbocycles. The molecule has 2 aromatic heterocycles. The minimum atomic E-state index is -0.109. The standard InChI is InChI=1S/C18H20N2O2/c1-13-7-8-17(22-13)14(2)19-18(21)10-12-20-11-9-15-5-3-4-6-16(15)20/h3-9,11,14H,10,12H2,1-2H3,(H,19,21). The highest BCUT2D eigenvalue weighted by atomic mass is 16.3. The number of amides is 1. The maximum absolute atomic E-state index is 12.1. The van der Waals surface area contributed by atoms with Crippen LogP contribution < -0.4 is 5.32 Å². The van der Waals surface area contributed by atoms with E-state index in [0.717, 1.165) is 17.0 Å². The molecule has 114 valence electrons. The number of fused-ring (bicyclic) bond motifs is 1. The first kappa shape index (κ1) is 14.4. The van der Waals surface area contributed by atoms with Crippen LogP contribution in [-0.2, 0) is 11.3 Å². The molecule has 1 amide bonds. The third kappa shape index (κ3) is 3.06. The smallest absolute Gasteiger partial charge is 0.222 e. The second-order valence-electron chi connectivity index (χ2n) is 5.56. The van der Waals surface area contributed by atoms with Crippen LogP contribution in [0, 0.1) is 6.92 Å². The molecule has 0 aliphatic carbocycles. The minimum Gasteiger partial charge on any atom is -0.464 e. The number of benzene rings is 1. The van der Waals surface area contributed by atoms with Crippen molar-refractivity contribution in [1.29, 1.82) is 0 Å². The normalized spacial score (nSPS) is 12.5. The molecule has 1 N–H and O–H groups in total. The van der Waals surface area contributed by atoms with Crippen molar-refractivity contribution in [3.8, 4) is 0 Å². The van der Waals surface area contributed by atoms with Gasteiger partial charge in [-0.25, -0.2) is 0 Å². The van der Waals surface area contributed by atoms with Gasteiger partial charge in [-0.05, 0) is 43.5 Å². The molecule has 3 rings (SSSR count). The number of nitrogens with one attached hydrogen (secondary N) is 1. The molecule has 0 saturated heterocycles. The quantitative estimate of drug-likeness (QED) is 0.778. The Kier molecular flexibility index (Phi) is 4.00. The molecule has 4 heteroatoms. The number of carbonyl (C=O) groups is 1. The second-order valence-corrected chi connectivity index (χ2v) is 5.56. The Morgan fingerprint density at radius 3 is 2.82 bits per heavy atom. The molecule has 0 aliphatic rings. The zero-order valence-corrected chi connectivity index (χ0v) is 12.9. The Morgan fingerprint density at radius 2 is 2.05 bits per heavy atom. The summed E-state index contributed by atoms with van der Waals surface area (Å²) in [6, 6.07) is 14.0. The van der Waals surface area contributed by atoms with E-state index in [-0.39, 0.29) is 11.9 Å². The van der Waals surface area contributed by atoms with Crippen LogP contribution in [0.2, 0.25) is 0 Å². The number of para-hydroxylation sites is 1. The Morgan fingerprint density at radius 1 is 1.23 bits per heavy atom. The molecular weight excluding hydrogens is 276 g/mol. The molecule has 3 aromatic rings. The summed E-state index contributed by atoms with van der Waals surface area (Å²) in [6.07, 6.45) is 2.47. The van der Waals surface area contributed by atoms with Gasteiger partial charge in [0, 0.05) is 24.7 Å². The topological polar surface area (TPSA) is 47.2 Å². The van der Waals surface area contributed by atoms with Gasteiger partial charge in [0.2, 0.25) is 5.91 Å². The van der Waals surface area contributed by atoms with Crippen molar-refractivity contribution in [3.05, 3.63) is 60.2 Å². The van der Waals surface area contributed by atoms with Crippen molar-refractivity contribution in [2.24, 2.45) is 0 Å². The van der Waals surface area contributed by atoms with E-state index in [1.54, 1.807) is 0 Å². The number of carbonyl (C=O) groups excluding carboxylic acids is 1. The fraction of sp³-hybridized carbons (Fsp3) is 0.278. The van der Waals surface area contributed by atoms with Crippen LogP contribution in [-0.4, -0.2) is 10.5 Å². The van der Waals surface area contributed by atoms with Gasteiger partial charge < -0.3 is 14.3 Å². The predicted octanol–water partition coefficient (Wildman–Crippen LogP) is 3.81. The lowest BCUT2D eigenvalue weighted by Crippen LogP contribution is -2.27. The van der Waals surface area contributed by atoms with Crippen LogP contribution in [0.15, 0.2) is 53.1 Å². The Balaban J connectivity index is 1.58. The maximum Gasteiger partial charge on any atom is 0.222 e. The lowest BCUT2D eigenvalue weighted by molar-refractivity contribution is -0.122. The summed E-state index contributed by atoms with van der Waals surface area (Å²) in [6.45, 7) is 4.50. The van der Waals surface area contributed by atoms with E-state index in [1.165, 1.54) is 5.39 Å². The number of furan rings is 1. The third-order valence-electron chi connectivity index (χ3n) is 3.83. The first-order chi connectivity index (χ1) is 10.6. The van der Waals surface area contributed by atoms with Crippen LogP contribution in [0.25, 0.3) is 10.9 Å². The summed E-state index contributed by atoms with van der Waals surface area (Å²) in [5.41, 5.74) is 1.16. The highest BCUT2D eigenvalue weighted by Gasteiger charge is 2.12. The van der Waals surface area contributed by atoms with Gasteiger partial charge in [-0.15, -0.1) is 0 Å². The van der Waals surface area contributed by atoms with Crippen LogP contribution in [0.5, 0.6) is 0 Å². The molecule has 0 radical (unpaired) electrons. The number of rotatable bonds is 5. The Bertz CT molecular complexity index is 785. The molecule has 22 heavy (non-hydrogen) atoms. The van der Waals surface area contributed by atoms with E-state index in [1.807, 2.05) is 44.3 Å². The van der Waals surface area contributed by atoms with Crippen molar-refractivity contribution in [2.45, 2.75) is 32.9 Å². The summed E-state index contributed by atoms with van der Waals surface area (Å²) in [7, 11) is 0. The van der Waals surface area contributed by atoms with Gasteiger partial charge in [0.05, 0.1) is 6.04 Å². The molecular formula is C18H20N2O2. The highest BCUT2D eigenvalue weighted by molar-refractivity contribution is 5.80. The number of hydrogen-bond donors (Lipinski definition) is 1. The van der Waals surface area contributed by atoms with Crippen molar-refractivity contribution >= 4 is 16.8 Å². The van der Waals surface area contributed by atoms with Crippen LogP contribution >= 0.6 is 0 Å². The maximum atomic E-state index is 12.1. The van der Waals surface area contributed by atoms with E-state index < -0.39 is 0 Å². The molecule has 0 bridgehead atoms. The minimum absolute atomic E-state index is 0.0272. The lowest BCUT2D eigenvalue weighted by Gasteiger charge is -2.12. The van der Waals surface area contributed by atoms with Gasteiger partial charge >= 0.3 is 0 Å². The van der Waals surface area contributed by atoms with E-state index in [4.69, 9.17) is 4.42 Å². The first-order valence-corrected chi connectivity index (χ1v) is 7.53. The molecule has 1 unspecified atom stereocenters. The molecule has 0 fully saturated rings. The first-order valence-electron chi connectivity index (χ1n) is 7.53. The number of aromatic nitrogens is 1. The Labute approximate surface area is 129 Å². The number of hydrogen-bond acceptors (Lipinski definition) is 2. The fourth-order valence-electron chi connectivity index (χ4n) is 2.63. The van der Waals surface area contributed by atoms with Crippen molar-refractivity contribution in [3.63, 3.8) is 0 Å². The summed E-state index contributed by atoms with van der Waals surface area (Å²) >= 11 is 0. The summed E-state index contributed by atoms with van der Waals surface area (Å²) in [4.78, 5) is 12.1. The van der Waals surface area contributed by atoms with Gasteiger partial charge in [-0.3, -0.25) is 4.79 Å². The van der Waals surface area contributed by atoms with Gasteiger partial charge in [-0.2, -0.15) is 0 Å². The number of aryl methyl sites for hydroxylation is 2. The summed E-state index contributed by atoms with van der Waals surface area (Å²) in [5, 5.41) is 4.17. The van der Waals surface area contributed by atoms with Gasteiger partial charge in [0.15, 0.2) is 0 Å². The summed E-state index contributed by atoms with van der Waals surface area (Å²) in [5.74, 6) is 1.67. The zero-order chi connectivity index (χ0) is 15.5.